The molecular weight excluding hydrogens is 386 g/mol. The summed E-state index contributed by atoms with van der Waals surface area (Å²) in [4.78, 5) is 5.43. The summed E-state index contributed by atoms with van der Waals surface area (Å²) in [6, 6.07) is 16.0. The third kappa shape index (κ3) is 11.4. The standard InChI is InChI=1S/C27H39NOS/c1-2-3-4-5-6-7-8-9-10-11-12-13-22-29-26-18-14-24(15-19-26)23-28-25-16-20-27(30)21-17-25/h14-21,23,30H,2-13,22H2,1H3. The number of hydrogen-bond donors (Lipinski definition) is 1. The fourth-order valence-corrected chi connectivity index (χ4v) is 3.62. The quantitative estimate of drug-likeness (QED) is 0.162. The molecule has 0 amide bonds. The first kappa shape index (κ1) is 24.5. The van der Waals surface area contributed by atoms with E-state index in [1.165, 1.54) is 70.6 Å². The van der Waals surface area contributed by atoms with Gasteiger partial charge < -0.3 is 4.74 Å². The van der Waals surface area contributed by atoms with Gasteiger partial charge in [-0.1, -0.05) is 77.6 Å². The van der Waals surface area contributed by atoms with Crippen molar-refractivity contribution in [2.24, 2.45) is 4.99 Å². The molecule has 0 bridgehead atoms. The highest BCUT2D eigenvalue weighted by Crippen LogP contribution is 2.17. The topological polar surface area (TPSA) is 21.6 Å². The Bertz CT molecular complexity index is 694. The van der Waals surface area contributed by atoms with Gasteiger partial charge in [0.15, 0.2) is 0 Å². The van der Waals surface area contributed by atoms with Gasteiger partial charge in [0.2, 0.25) is 0 Å². The van der Waals surface area contributed by atoms with E-state index in [9.17, 15) is 0 Å². The molecule has 164 valence electrons. The fraction of sp³-hybridized carbons (Fsp3) is 0.519. The lowest BCUT2D eigenvalue weighted by Gasteiger charge is -2.06. The smallest absolute Gasteiger partial charge is 0.119 e. The van der Waals surface area contributed by atoms with Gasteiger partial charge in [-0.05, 0) is 60.5 Å². The molecule has 0 aromatic heterocycles. The minimum atomic E-state index is 0.806. The van der Waals surface area contributed by atoms with Crippen LogP contribution in [0.4, 0.5) is 5.69 Å². The second-order valence-corrected chi connectivity index (χ2v) is 8.60. The molecule has 0 heterocycles. The molecule has 2 nitrogen and oxygen atoms in total. The molecule has 0 spiro atoms. The first-order chi connectivity index (χ1) is 14.8. The molecule has 0 radical (unpaired) electrons. The van der Waals surface area contributed by atoms with Crippen LogP contribution in [0.25, 0.3) is 0 Å². The Balaban J connectivity index is 1.48. The zero-order valence-electron chi connectivity index (χ0n) is 18.7. The van der Waals surface area contributed by atoms with Crippen molar-refractivity contribution in [2.75, 3.05) is 6.61 Å². The van der Waals surface area contributed by atoms with Gasteiger partial charge in [0.05, 0.1) is 12.3 Å². The molecule has 30 heavy (non-hydrogen) atoms. The first-order valence-corrected chi connectivity index (χ1v) is 12.3. The Kier molecular flexibility index (Phi) is 13.1. The van der Waals surface area contributed by atoms with Crippen molar-refractivity contribution in [2.45, 2.75) is 88.9 Å². The highest BCUT2D eigenvalue weighted by Gasteiger charge is 1.97. The predicted molar refractivity (Wildman–Crippen MR) is 134 cm³/mol. The van der Waals surface area contributed by atoms with Crippen LogP contribution in [-0.2, 0) is 0 Å². The molecule has 3 heteroatoms. The maximum absolute atomic E-state index is 5.88. The third-order valence-corrected chi connectivity index (χ3v) is 5.66. The van der Waals surface area contributed by atoms with Crippen LogP contribution in [0.15, 0.2) is 58.4 Å². The van der Waals surface area contributed by atoms with Gasteiger partial charge in [-0.2, -0.15) is 0 Å². The summed E-state index contributed by atoms with van der Waals surface area (Å²) in [6.07, 6.45) is 18.3. The second kappa shape index (κ2) is 16.0. The molecule has 0 aliphatic rings. The maximum Gasteiger partial charge on any atom is 0.119 e. The number of benzene rings is 2. The lowest BCUT2D eigenvalue weighted by molar-refractivity contribution is 0.304. The molecule has 2 rings (SSSR count). The third-order valence-electron chi connectivity index (χ3n) is 5.36. The summed E-state index contributed by atoms with van der Waals surface area (Å²) < 4.78 is 5.88. The minimum absolute atomic E-state index is 0.806. The highest BCUT2D eigenvalue weighted by molar-refractivity contribution is 7.80. The van der Waals surface area contributed by atoms with E-state index in [0.717, 1.165) is 34.9 Å². The normalized spacial score (nSPS) is 11.3. The molecule has 0 aliphatic carbocycles. The zero-order chi connectivity index (χ0) is 21.3. The van der Waals surface area contributed by atoms with Crippen LogP contribution in [0.1, 0.15) is 89.5 Å². The monoisotopic (exact) mass is 425 g/mol. The molecular formula is C27H39NOS. The maximum atomic E-state index is 5.88. The van der Waals surface area contributed by atoms with Crippen molar-refractivity contribution >= 4 is 24.5 Å². The molecule has 0 fully saturated rings. The van der Waals surface area contributed by atoms with Crippen LogP contribution in [0.3, 0.4) is 0 Å². The van der Waals surface area contributed by atoms with E-state index < -0.39 is 0 Å². The summed E-state index contributed by atoms with van der Waals surface area (Å²) in [5.74, 6) is 0.939. The summed E-state index contributed by atoms with van der Waals surface area (Å²) in [5, 5.41) is 0. The van der Waals surface area contributed by atoms with Crippen molar-refractivity contribution in [1.82, 2.24) is 0 Å². The Labute approximate surface area is 189 Å². The number of nitrogens with zero attached hydrogens (tertiary/aromatic N) is 1. The van der Waals surface area contributed by atoms with E-state index in [-0.39, 0.29) is 0 Å². The summed E-state index contributed by atoms with van der Waals surface area (Å²) in [7, 11) is 0. The molecule has 0 N–H and O–H groups in total. The average molecular weight is 426 g/mol. The van der Waals surface area contributed by atoms with Crippen LogP contribution in [0.5, 0.6) is 5.75 Å². The number of rotatable bonds is 16. The van der Waals surface area contributed by atoms with E-state index in [1.54, 1.807) is 0 Å². The summed E-state index contributed by atoms with van der Waals surface area (Å²) in [5.41, 5.74) is 2.00. The Morgan fingerprint density at radius 1 is 0.700 bits per heavy atom. The second-order valence-electron chi connectivity index (χ2n) is 8.08. The van der Waals surface area contributed by atoms with E-state index >= 15 is 0 Å². The van der Waals surface area contributed by atoms with Gasteiger partial charge in [-0.3, -0.25) is 4.99 Å². The Morgan fingerprint density at radius 2 is 1.23 bits per heavy atom. The Hall–Kier alpha value is -1.74. The molecule has 0 saturated heterocycles. The Morgan fingerprint density at radius 3 is 1.80 bits per heavy atom. The number of aliphatic imine (C=N–C) groups is 1. The van der Waals surface area contributed by atoms with E-state index in [4.69, 9.17) is 4.74 Å². The average Bonchev–Trinajstić information content (AvgIpc) is 2.77. The lowest BCUT2D eigenvalue weighted by Crippen LogP contribution is -1.97. The van der Waals surface area contributed by atoms with Crippen molar-refractivity contribution in [3.05, 3.63) is 54.1 Å². The van der Waals surface area contributed by atoms with Crippen LogP contribution < -0.4 is 4.74 Å². The minimum Gasteiger partial charge on any atom is -0.494 e. The van der Waals surface area contributed by atoms with E-state index in [0.29, 0.717) is 0 Å². The first-order valence-electron chi connectivity index (χ1n) is 11.8. The number of thiol groups is 1. The van der Waals surface area contributed by atoms with Gasteiger partial charge in [-0.15, -0.1) is 12.6 Å². The largest absolute Gasteiger partial charge is 0.494 e. The highest BCUT2D eigenvalue weighted by atomic mass is 32.1. The fourth-order valence-electron chi connectivity index (χ4n) is 3.47. The van der Waals surface area contributed by atoms with Crippen molar-refractivity contribution in [3.63, 3.8) is 0 Å². The van der Waals surface area contributed by atoms with E-state index in [1.807, 2.05) is 54.7 Å². The van der Waals surface area contributed by atoms with Crippen molar-refractivity contribution in [1.29, 1.82) is 0 Å². The number of hydrogen-bond acceptors (Lipinski definition) is 3. The van der Waals surface area contributed by atoms with Gasteiger partial charge in [-0.25, -0.2) is 0 Å². The van der Waals surface area contributed by atoms with Crippen molar-refractivity contribution in [3.8, 4) is 5.75 Å². The molecule has 0 unspecified atom stereocenters. The van der Waals surface area contributed by atoms with Crippen LogP contribution in [0.2, 0.25) is 0 Å². The van der Waals surface area contributed by atoms with Gasteiger partial charge in [0, 0.05) is 11.1 Å². The molecule has 0 saturated carbocycles. The summed E-state index contributed by atoms with van der Waals surface area (Å²) in [6.45, 7) is 3.09. The van der Waals surface area contributed by atoms with E-state index in [2.05, 4.69) is 24.5 Å². The number of ether oxygens (including phenoxy) is 1. The molecule has 0 aliphatic heterocycles. The molecule has 0 atom stereocenters. The number of unbranched alkanes of at least 4 members (excludes halogenated alkanes) is 11. The zero-order valence-corrected chi connectivity index (χ0v) is 19.6. The lowest BCUT2D eigenvalue weighted by atomic mass is 10.1. The van der Waals surface area contributed by atoms with Gasteiger partial charge in [0.25, 0.3) is 0 Å². The summed E-state index contributed by atoms with van der Waals surface area (Å²) >= 11 is 4.29. The van der Waals surface area contributed by atoms with Crippen LogP contribution in [-0.4, -0.2) is 12.8 Å². The van der Waals surface area contributed by atoms with Crippen LogP contribution in [0, 0.1) is 0 Å². The molecule has 2 aromatic rings. The van der Waals surface area contributed by atoms with Crippen LogP contribution >= 0.6 is 12.6 Å². The van der Waals surface area contributed by atoms with Gasteiger partial charge in [0.1, 0.15) is 5.75 Å². The SMILES string of the molecule is CCCCCCCCCCCCCCOc1ccc(C=Nc2ccc(S)cc2)cc1. The predicted octanol–water partition coefficient (Wildman–Crippen LogP) is 8.81. The van der Waals surface area contributed by atoms with Crippen molar-refractivity contribution < 1.29 is 4.74 Å². The molecule has 2 aromatic carbocycles. The van der Waals surface area contributed by atoms with Gasteiger partial charge >= 0.3 is 0 Å².